The molecule has 0 bridgehead atoms. The fourth-order valence-electron chi connectivity index (χ4n) is 1.97. The minimum absolute atomic E-state index is 0.379. The first-order valence-electron chi connectivity index (χ1n) is 5.48. The zero-order chi connectivity index (χ0) is 10.0. The molecule has 3 heteroatoms. The number of aryl methyl sites for hydroxylation is 1. The van der Waals surface area contributed by atoms with Gasteiger partial charge in [0.25, 0.3) is 0 Å². The molecule has 1 aromatic heterocycles. The first-order chi connectivity index (χ1) is 6.73. The smallest absolute Gasteiger partial charge is 0.122 e. The molecule has 0 aliphatic heterocycles. The molecular formula is C11H19N3. The Morgan fingerprint density at radius 1 is 1.57 bits per heavy atom. The molecule has 14 heavy (non-hydrogen) atoms. The molecule has 1 aliphatic rings. The maximum absolute atomic E-state index is 4.35. The molecule has 1 saturated carbocycles. The summed E-state index contributed by atoms with van der Waals surface area (Å²) in [7, 11) is 0. The van der Waals surface area contributed by atoms with E-state index >= 15 is 0 Å². The van der Waals surface area contributed by atoms with Crippen molar-refractivity contribution in [2.45, 2.75) is 51.7 Å². The highest BCUT2D eigenvalue weighted by molar-refractivity contribution is 4.97. The molecule has 0 amide bonds. The van der Waals surface area contributed by atoms with Gasteiger partial charge in [-0.05, 0) is 33.1 Å². The molecule has 1 N–H and O–H groups in total. The predicted molar refractivity (Wildman–Crippen MR) is 57.0 cm³/mol. The van der Waals surface area contributed by atoms with Gasteiger partial charge in [0.15, 0.2) is 0 Å². The molecule has 1 aliphatic carbocycles. The van der Waals surface area contributed by atoms with Crippen molar-refractivity contribution in [3.05, 3.63) is 18.2 Å². The van der Waals surface area contributed by atoms with E-state index in [-0.39, 0.29) is 0 Å². The quantitative estimate of drug-likeness (QED) is 0.792. The van der Waals surface area contributed by atoms with E-state index in [4.69, 9.17) is 0 Å². The SMILES string of the molecule is CCn1ccnc1CNC1(C)CCC1. The summed E-state index contributed by atoms with van der Waals surface area (Å²) in [4.78, 5) is 4.35. The second-order valence-electron chi connectivity index (χ2n) is 4.40. The highest BCUT2D eigenvalue weighted by Crippen LogP contribution is 2.31. The molecule has 0 aromatic carbocycles. The lowest BCUT2D eigenvalue weighted by molar-refractivity contribution is 0.204. The summed E-state index contributed by atoms with van der Waals surface area (Å²) in [5, 5.41) is 3.59. The molecule has 0 radical (unpaired) electrons. The molecule has 2 rings (SSSR count). The van der Waals surface area contributed by atoms with Gasteiger partial charge in [-0.25, -0.2) is 4.98 Å². The van der Waals surface area contributed by atoms with Crippen LogP contribution in [0.1, 0.15) is 38.9 Å². The highest BCUT2D eigenvalue weighted by atomic mass is 15.1. The van der Waals surface area contributed by atoms with Crippen LogP contribution in [0.2, 0.25) is 0 Å². The Morgan fingerprint density at radius 2 is 2.36 bits per heavy atom. The topological polar surface area (TPSA) is 29.9 Å². The summed E-state index contributed by atoms with van der Waals surface area (Å²) < 4.78 is 2.19. The van der Waals surface area contributed by atoms with Crippen LogP contribution in [0.25, 0.3) is 0 Å². The van der Waals surface area contributed by atoms with Crippen LogP contribution in [-0.2, 0) is 13.1 Å². The Kier molecular flexibility index (Phi) is 2.59. The molecule has 78 valence electrons. The van der Waals surface area contributed by atoms with E-state index in [9.17, 15) is 0 Å². The summed E-state index contributed by atoms with van der Waals surface area (Å²) in [6.45, 7) is 6.36. The average Bonchev–Trinajstić information content (AvgIpc) is 2.58. The van der Waals surface area contributed by atoms with Gasteiger partial charge < -0.3 is 9.88 Å². The van der Waals surface area contributed by atoms with E-state index in [1.807, 2.05) is 12.4 Å². The standard InChI is InChI=1S/C11H19N3/c1-3-14-8-7-12-10(14)9-13-11(2)5-4-6-11/h7-8,13H,3-6,9H2,1-2H3. The summed E-state index contributed by atoms with van der Waals surface area (Å²) in [5.74, 6) is 1.15. The van der Waals surface area contributed by atoms with Gasteiger partial charge in [0, 0.05) is 24.5 Å². The Hall–Kier alpha value is -0.830. The van der Waals surface area contributed by atoms with Crippen LogP contribution in [0, 0.1) is 0 Å². The first kappa shape index (κ1) is 9.71. The number of hydrogen-bond donors (Lipinski definition) is 1. The Labute approximate surface area is 85.5 Å². The minimum Gasteiger partial charge on any atom is -0.334 e. The van der Waals surface area contributed by atoms with Crippen molar-refractivity contribution in [1.82, 2.24) is 14.9 Å². The van der Waals surface area contributed by atoms with Crippen LogP contribution < -0.4 is 5.32 Å². The maximum atomic E-state index is 4.35. The number of nitrogens with zero attached hydrogens (tertiary/aromatic N) is 2. The molecule has 0 atom stereocenters. The maximum Gasteiger partial charge on any atom is 0.122 e. The van der Waals surface area contributed by atoms with Gasteiger partial charge in [-0.15, -0.1) is 0 Å². The first-order valence-corrected chi connectivity index (χ1v) is 5.48. The third-order valence-corrected chi connectivity index (χ3v) is 3.27. The second kappa shape index (κ2) is 3.73. The summed E-state index contributed by atoms with van der Waals surface area (Å²) in [5.41, 5.74) is 0.379. The molecule has 1 heterocycles. The van der Waals surface area contributed by atoms with Gasteiger partial charge >= 0.3 is 0 Å². The highest BCUT2D eigenvalue weighted by Gasteiger charge is 2.30. The number of aromatic nitrogens is 2. The number of imidazole rings is 1. The summed E-state index contributed by atoms with van der Waals surface area (Å²) in [6.07, 6.45) is 7.90. The van der Waals surface area contributed by atoms with Gasteiger partial charge in [0.2, 0.25) is 0 Å². The molecular weight excluding hydrogens is 174 g/mol. The molecule has 0 spiro atoms. The predicted octanol–water partition coefficient (Wildman–Crippen LogP) is 1.94. The van der Waals surface area contributed by atoms with Gasteiger partial charge in [-0.2, -0.15) is 0 Å². The normalized spacial score (nSPS) is 19.3. The van der Waals surface area contributed by atoms with Crippen molar-refractivity contribution in [2.75, 3.05) is 0 Å². The molecule has 0 saturated heterocycles. The Morgan fingerprint density at radius 3 is 2.93 bits per heavy atom. The Balaban J connectivity index is 1.91. The number of rotatable bonds is 4. The van der Waals surface area contributed by atoms with Crippen molar-refractivity contribution >= 4 is 0 Å². The van der Waals surface area contributed by atoms with Gasteiger partial charge in [-0.3, -0.25) is 0 Å². The van der Waals surface area contributed by atoms with Crippen LogP contribution >= 0.6 is 0 Å². The summed E-state index contributed by atoms with van der Waals surface area (Å²) in [6, 6.07) is 0. The fraction of sp³-hybridized carbons (Fsp3) is 0.727. The van der Waals surface area contributed by atoms with Crippen molar-refractivity contribution < 1.29 is 0 Å². The lowest BCUT2D eigenvalue weighted by atomic mass is 9.78. The van der Waals surface area contributed by atoms with Gasteiger partial charge in [-0.1, -0.05) is 0 Å². The van der Waals surface area contributed by atoms with Crippen LogP contribution in [0.5, 0.6) is 0 Å². The van der Waals surface area contributed by atoms with E-state index in [2.05, 4.69) is 28.7 Å². The molecule has 0 unspecified atom stereocenters. The number of hydrogen-bond acceptors (Lipinski definition) is 2. The van der Waals surface area contributed by atoms with E-state index < -0.39 is 0 Å². The van der Waals surface area contributed by atoms with Crippen molar-refractivity contribution in [3.63, 3.8) is 0 Å². The third-order valence-electron chi connectivity index (χ3n) is 3.27. The number of nitrogens with one attached hydrogen (secondary N) is 1. The second-order valence-corrected chi connectivity index (χ2v) is 4.40. The van der Waals surface area contributed by atoms with Crippen LogP contribution in [-0.4, -0.2) is 15.1 Å². The van der Waals surface area contributed by atoms with E-state index in [0.717, 1.165) is 18.9 Å². The van der Waals surface area contributed by atoms with Crippen molar-refractivity contribution in [3.8, 4) is 0 Å². The molecule has 3 nitrogen and oxygen atoms in total. The van der Waals surface area contributed by atoms with Gasteiger partial charge in [0.1, 0.15) is 5.82 Å². The van der Waals surface area contributed by atoms with Crippen LogP contribution in [0.3, 0.4) is 0 Å². The average molecular weight is 193 g/mol. The van der Waals surface area contributed by atoms with E-state index in [1.165, 1.54) is 19.3 Å². The molecule has 1 aromatic rings. The monoisotopic (exact) mass is 193 g/mol. The Bertz CT molecular complexity index is 299. The third kappa shape index (κ3) is 1.82. The van der Waals surface area contributed by atoms with Crippen molar-refractivity contribution in [1.29, 1.82) is 0 Å². The largest absolute Gasteiger partial charge is 0.334 e. The van der Waals surface area contributed by atoms with Gasteiger partial charge in [0.05, 0.1) is 6.54 Å². The fourth-order valence-corrected chi connectivity index (χ4v) is 1.97. The van der Waals surface area contributed by atoms with E-state index in [1.54, 1.807) is 0 Å². The van der Waals surface area contributed by atoms with Crippen LogP contribution in [0.15, 0.2) is 12.4 Å². The van der Waals surface area contributed by atoms with E-state index in [0.29, 0.717) is 5.54 Å². The van der Waals surface area contributed by atoms with Crippen molar-refractivity contribution in [2.24, 2.45) is 0 Å². The van der Waals surface area contributed by atoms with Crippen LogP contribution in [0.4, 0.5) is 0 Å². The minimum atomic E-state index is 0.379. The zero-order valence-corrected chi connectivity index (χ0v) is 9.08. The summed E-state index contributed by atoms with van der Waals surface area (Å²) >= 11 is 0. The zero-order valence-electron chi connectivity index (χ0n) is 9.08. The lowest BCUT2D eigenvalue weighted by Gasteiger charge is -2.39. The lowest BCUT2D eigenvalue weighted by Crippen LogP contribution is -2.47. The molecule has 1 fully saturated rings.